The minimum Gasteiger partial charge on any atom is -0.0840 e. The molecule has 1 unspecified atom stereocenters. The lowest BCUT2D eigenvalue weighted by Crippen LogP contribution is -1.98. The zero-order valence-electron chi connectivity index (χ0n) is 12.4. The van der Waals surface area contributed by atoms with Gasteiger partial charge in [0.2, 0.25) is 0 Å². The summed E-state index contributed by atoms with van der Waals surface area (Å²) in [5.41, 5.74) is 6.27. The molecule has 0 nitrogen and oxygen atoms in total. The molecule has 0 aromatic heterocycles. The molecule has 106 valence electrons. The predicted molar refractivity (Wildman–Crippen MR) is 92.2 cm³/mol. The molecule has 0 aliphatic heterocycles. The summed E-state index contributed by atoms with van der Waals surface area (Å²) in [4.78, 5) is 0.208. The van der Waals surface area contributed by atoms with Gasteiger partial charge in [-0.1, -0.05) is 71.7 Å². The van der Waals surface area contributed by atoms with Crippen molar-refractivity contribution >= 4 is 27.5 Å². The molecule has 0 fully saturated rings. The summed E-state index contributed by atoms with van der Waals surface area (Å²) < 4.78 is 0. The molecule has 2 heteroatoms. The Hall–Kier alpha value is -0.790. The lowest BCUT2D eigenvalue weighted by atomic mass is 9.96. The van der Waals surface area contributed by atoms with Crippen LogP contribution >= 0.6 is 27.5 Å². The molecule has 0 saturated heterocycles. The first-order valence-electron chi connectivity index (χ1n) is 6.90. The standard InChI is InChI=1S/C18H20BrCl/c1-11(2)14-5-7-15(8-6-14)18(19)16-9-13(4)17(20)10-12(16)3/h5-11,18H,1-4H3. The fourth-order valence-corrected chi connectivity index (χ4v) is 3.32. The summed E-state index contributed by atoms with van der Waals surface area (Å²) in [6.07, 6.45) is 0. The average Bonchev–Trinajstić information content (AvgIpc) is 2.42. The molecule has 0 spiro atoms. The highest BCUT2D eigenvalue weighted by molar-refractivity contribution is 9.09. The third-order valence-electron chi connectivity index (χ3n) is 3.72. The highest BCUT2D eigenvalue weighted by Crippen LogP contribution is 2.35. The highest BCUT2D eigenvalue weighted by atomic mass is 79.9. The Morgan fingerprint density at radius 3 is 2.00 bits per heavy atom. The maximum absolute atomic E-state index is 6.18. The third kappa shape index (κ3) is 3.27. The number of hydrogen-bond acceptors (Lipinski definition) is 0. The van der Waals surface area contributed by atoms with Crippen LogP contribution in [0.15, 0.2) is 36.4 Å². The molecule has 20 heavy (non-hydrogen) atoms. The van der Waals surface area contributed by atoms with E-state index in [1.807, 2.05) is 13.0 Å². The summed E-state index contributed by atoms with van der Waals surface area (Å²) in [7, 11) is 0. The number of aryl methyl sites for hydroxylation is 2. The minimum atomic E-state index is 0.208. The molecule has 0 bridgehead atoms. The SMILES string of the molecule is Cc1cc(C(Br)c2ccc(C(C)C)cc2)c(C)cc1Cl. The molecule has 1 atom stereocenters. The molecule has 0 amide bonds. The molecule has 0 N–H and O–H groups in total. The molecule has 0 saturated carbocycles. The lowest BCUT2D eigenvalue weighted by Gasteiger charge is -2.16. The monoisotopic (exact) mass is 350 g/mol. The van der Waals surface area contributed by atoms with E-state index in [4.69, 9.17) is 11.6 Å². The van der Waals surface area contributed by atoms with Gasteiger partial charge in [-0.3, -0.25) is 0 Å². The summed E-state index contributed by atoms with van der Waals surface area (Å²) in [5.74, 6) is 0.567. The Morgan fingerprint density at radius 1 is 0.900 bits per heavy atom. The highest BCUT2D eigenvalue weighted by Gasteiger charge is 2.14. The van der Waals surface area contributed by atoms with Gasteiger partial charge in [0.25, 0.3) is 0 Å². The first-order valence-corrected chi connectivity index (χ1v) is 8.20. The zero-order chi connectivity index (χ0) is 14.9. The van der Waals surface area contributed by atoms with E-state index in [0.717, 1.165) is 10.6 Å². The van der Waals surface area contributed by atoms with Gasteiger partial charge in [-0.2, -0.15) is 0 Å². The van der Waals surface area contributed by atoms with Gasteiger partial charge in [-0.15, -0.1) is 0 Å². The number of halogens is 2. The molecular weight excluding hydrogens is 332 g/mol. The van der Waals surface area contributed by atoms with Crippen LogP contribution in [0.25, 0.3) is 0 Å². The second-order valence-electron chi connectivity index (χ2n) is 5.64. The maximum atomic E-state index is 6.18. The van der Waals surface area contributed by atoms with E-state index < -0.39 is 0 Å². The van der Waals surface area contributed by atoms with Crippen LogP contribution < -0.4 is 0 Å². The van der Waals surface area contributed by atoms with Crippen LogP contribution in [0.4, 0.5) is 0 Å². The Balaban J connectivity index is 2.36. The number of hydrogen-bond donors (Lipinski definition) is 0. The van der Waals surface area contributed by atoms with Gasteiger partial charge in [0.05, 0.1) is 4.83 Å². The first kappa shape index (κ1) is 15.6. The van der Waals surface area contributed by atoms with E-state index in [1.165, 1.54) is 22.3 Å². The zero-order valence-corrected chi connectivity index (χ0v) is 14.7. The molecule has 2 aromatic rings. The summed E-state index contributed by atoms with van der Waals surface area (Å²) in [6.45, 7) is 8.59. The Labute approximate surface area is 135 Å². The first-order chi connectivity index (χ1) is 9.40. The van der Waals surface area contributed by atoms with Gasteiger partial charge < -0.3 is 0 Å². The maximum Gasteiger partial charge on any atom is 0.0647 e. The van der Waals surface area contributed by atoms with Crippen LogP contribution in [0.1, 0.15) is 52.4 Å². The van der Waals surface area contributed by atoms with Gasteiger partial charge in [0, 0.05) is 5.02 Å². The van der Waals surface area contributed by atoms with E-state index in [1.54, 1.807) is 0 Å². The van der Waals surface area contributed by atoms with Gasteiger partial charge in [-0.05, 0) is 53.6 Å². The van der Waals surface area contributed by atoms with Crippen LogP contribution in [0.2, 0.25) is 5.02 Å². The topological polar surface area (TPSA) is 0 Å². The van der Waals surface area contributed by atoms with Crippen molar-refractivity contribution < 1.29 is 0 Å². The van der Waals surface area contributed by atoms with Crippen molar-refractivity contribution in [2.45, 2.75) is 38.4 Å². The van der Waals surface area contributed by atoms with Crippen LogP contribution in [0.5, 0.6) is 0 Å². The fraction of sp³-hybridized carbons (Fsp3) is 0.333. The third-order valence-corrected chi connectivity index (χ3v) is 5.15. The molecular formula is C18H20BrCl. The van der Waals surface area contributed by atoms with Crippen molar-refractivity contribution in [2.75, 3.05) is 0 Å². The molecule has 2 rings (SSSR count). The van der Waals surface area contributed by atoms with Gasteiger partial charge >= 0.3 is 0 Å². The minimum absolute atomic E-state index is 0.208. The largest absolute Gasteiger partial charge is 0.0840 e. The summed E-state index contributed by atoms with van der Waals surface area (Å²) in [6, 6.07) is 13.1. The van der Waals surface area contributed by atoms with Gasteiger partial charge in [0.1, 0.15) is 0 Å². The van der Waals surface area contributed by atoms with Crippen LogP contribution in [0, 0.1) is 13.8 Å². The van der Waals surface area contributed by atoms with Gasteiger partial charge in [0.15, 0.2) is 0 Å². The summed E-state index contributed by atoms with van der Waals surface area (Å²) in [5, 5.41) is 0.834. The van der Waals surface area contributed by atoms with Crippen molar-refractivity contribution in [3.05, 3.63) is 69.2 Å². The second-order valence-corrected chi connectivity index (χ2v) is 6.96. The average molecular weight is 352 g/mol. The van der Waals surface area contributed by atoms with E-state index >= 15 is 0 Å². The molecule has 0 aliphatic carbocycles. The molecule has 0 radical (unpaired) electrons. The van der Waals surface area contributed by atoms with Gasteiger partial charge in [-0.25, -0.2) is 0 Å². The number of rotatable bonds is 3. The Morgan fingerprint density at radius 2 is 1.45 bits per heavy atom. The Kier molecular flexibility index (Phi) is 4.93. The Bertz CT molecular complexity index is 600. The van der Waals surface area contributed by atoms with Crippen molar-refractivity contribution in [2.24, 2.45) is 0 Å². The van der Waals surface area contributed by atoms with Crippen LogP contribution in [-0.4, -0.2) is 0 Å². The van der Waals surface area contributed by atoms with Crippen molar-refractivity contribution in [3.63, 3.8) is 0 Å². The summed E-state index contributed by atoms with van der Waals surface area (Å²) >= 11 is 10.00. The smallest absolute Gasteiger partial charge is 0.0647 e. The van der Waals surface area contributed by atoms with E-state index in [9.17, 15) is 0 Å². The van der Waals surface area contributed by atoms with E-state index in [-0.39, 0.29) is 4.83 Å². The lowest BCUT2D eigenvalue weighted by molar-refractivity contribution is 0.865. The molecule has 2 aromatic carbocycles. The fourth-order valence-electron chi connectivity index (χ4n) is 2.31. The van der Waals surface area contributed by atoms with Crippen LogP contribution in [-0.2, 0) is 0 Å². The van der Waals surface area contributed by atoms with Crippen molar-refractivity contribution in [1.82, 2.24) is 0 Å². The van der Waals surface area contributed by atoms with Crippen molar-refractivity contribution in [3.8, 4) is 0 Å². The molecule has 0 aliphatic rings. The van der Waals surface area contributed by atoms with Crippen molar-refractivity contribution in [1.29, 1.82) is 0 Å². The number of benzene rings is 2. The number of alkyl halides is 1. The second kappa shape index (κ2) is 6.32. The molecule has 0 heterocycles. The van der Waals surface area contributed by atoms with E-state index in [2.05, 4.69) is 67.0 Å². The quantitative estimate of drug-likeness (QED) is 0.549. The normalized spacial score (nSPS) is 12.8. The predicted octanol–water partition coefficient (Wildman–Crippen LogP) is 6.56. The van der Waals surface area contributed by atoms with E-state index in [0.29, 0.717) is 5.92 Å². The van der Waals surface area contributed by atoms with Crippen LogP contribution in [0.3, 0.4) is 0 Å².